The minimum Gasteiger partial charge on any atom is -0.493 e. The lowest BCUT2D eigenvalue weighted by Crippen LogP contribution is -2.29. The van der Waals surface area contributed by atoms with Gasteiger partial charge in [-0.2, -0.15) is 0 Å². The lowest BCUT2D eigenvalue weighted by atomic mass is 9.99. The molecule has 0 aliphatic rings. The van der Waals surface area contributed by atoms with Gasteiger partial charge in [-0.25, -0.2) is 0 Å². The molecule has 7 heteroatoms. The van der Waals surface area contributed by atoms with Gasteiger partial charge in [-0.05, 0) is 48.5 Å². The van der Waals surface area contributed by atoms with Crippen molar-refractivity contribution in [3.8, 4) is 11.5 Å². The van der Waals surface area contributed by atoms with Crippen molar-refractivity contribution in [1.29, 1.82) is 0 Å². The van der Waals surface area contributed by atoms with Gasteiger partial charge in [0.25, 0.3) is 0 Å². The van der Waals surface area contributed by atoms with Gasteiger partial charge < -0.3 is 20.3 Å². The molecule has 0 radical (unpaired) electrons. The summed E-state index contributed by atoms with van der Waals surface area (Å²) in [7, 11) is 3.04. The maximum absolute atomic E-state index is 12.9. The van der Waals surface area contributed by atoms with Crippen LogP contribution >= 0.6 is 0 Å². The van der Waals surface area contributed by atoms with Crippen LogP contribution in [-0.4, -0.2) is 49.1 Å². The SMILES string of the molecule is CCN(CC(=O)O)Cc1cc(C(=O)c2ccc(OC)c(OC)c2)ccc1N. The predicted octanol–water partition coefficient (Wildman–Crippen LogP) is 2.42. The van der Waals surface area contributed by atoms with Crippen molar-refractivity contribution in [2.24, 2.45) is 0 Å². The number of nitrogen functional groups attached to an aromatic ring is 1. The van der Waals surface area contributed by atoms with E-state index in [1.54, 1.807) is 41.3 Å². The Bertz CT molecular complexity index is 835. The molecular formula is C20H24N2O5. The number of ether oxygens (including phenoxy) is 2. The minimum atomic E-state index is -0.909. The molecule has 0 heterocycles. The van der Waals surface area contributed by atoms with Gasteiger partial charge in [-0.1, -0.05) is 6.92 Å². The number of rotatable bonds is 9. The highest BCUT2D eigenvalue weighted by Gasteiger charge is 2.16. The van der Waals surface area contributed by atoms with Gasteiger partial charge >= 0.3 is 5.97 Å². The number of carboxylic acid groups (broad SMARTS) is 1. The number of carboxylic acids is 1. The quantitative estimate of drug-likeness (QED) is 0.515. The van der Waals surface area contributed by atoms with E-state index >= 15 is 0 Å². The van der Waals surface area contributed by atoms with Crippen LogP contribution < -0.4 is 15.2 Å². The van der Waals surface area contributed by atoms with Crippen LogP contribution in [0.25, 0.3) is 0 Å². The Balaban J connectivity index is 2.31. The molecule has 3 N–H and O–H groups in total. The van der Waals surface area contributed by atoms with Crippen molar-refractivity contribution in [3.05, 3.63) is 53.1 Å². The van der Waals surface area contributed by atoms with E-state index in [1.807, 2.05) is 6.92 Å². The fraction of sp³-hybridized carbons (Fsp3) is 0.300. The lowest BCUT2D eigenvalue weighted by molar-refractivity contribution is -0.138. The number of hydrogen-bond donors (Lipinski definition) is 2. The van der Waals surface area contributed by atoms with Crippen LogP contribution in [0.5, 0.6) is 11.5 Å². The van der Waals surface area contributed by atoms with Crippen molar-refractivity contribution < 1.29 is 24.2 Å². The number of carbonyl (C=O) groups excluding carboxylic acids is 1. The van der Waals surface area contributed by atoms with Crippen LogP contribution in [0.2, 0.25) is 0 Å². The molecule has 0 amide bonds. The maximum Gasteiger partial charge on any atom is 0.317 e. The Morgan fingerprint density at radius 2 is 1.67 bits per heavy atom. The summed E-state index contributed by atoms with van der Waals surface area (Å²) in [5.74, 6) is -0.0802. The smallest absolute Gasteiger partial charge is 0.317 e. The van der Waals surface area contributed by atoms with E-state index in [0.29, 0.717) is 47.0 Å². The molecular weight excluding hydrogens is 348 g/mol. The normalized spacial score (nSPS) is 10.7. The van der Waals surface area contributed by atoms with Gasteiger partial charge in [0.05, 0.1) is 20.8 Å². The number of aliphatic carboxylic acids is 1. The first-order chi connectivity index (χ1) is 12.9. The Labute approximate surface area is 158 Å². The summed E-state index contributed by atoms with van der Waals surface area (Å²) >= 11 is 0. The molecule has 0 unspecified atom stereocenters. The molecule has 0 saturated heterocycles. The predicted molar refractivity (Wildman–Crippen MR) is 102 cm³/mol. The number of hydrogen-bond acceptors (Lipinski definition) is 6. The summed E-state index contributed by atoms with van der Waals surface area (Å²) in [5, 5.41) is 9.00. The second-order valence-electron chi connectivity index (χ2n) is 6.01. The summed E-state index contributed by atoms with van der Waals surface area (Å²) in [6, 6.07) is 10.0. The van der Waals surface area contributed by atoms with Crippen LogP contribution in [0, 0.1) is 0 Å². The van der Waals surface area contributed by atoms with E-state index in [1.165, 1.54) is 14.2 Å². The zero-order valence-electron chi connectivity index (χ0n) is 15.7. The Kier molecular flexibility index (Phi) is 6.79. The highest BCUT2D eigenvalue weighted by molar-refractivity contribution is 6.09. The summed E-state index contributed by atoms with van der Waals surface area (Å²) in [5.41, 5.74) is 8.18. The first-order valence-corrected chi connectivity index (χ1v) is 8.48. The summed E-state index contributed by atoms with van der Waals surface area (Å²) < 4.78 is 10.4. The number of nitrogens with two attached hydrogens (primary N) is 1. The first kappa shape index (κ1) is 20.3. The summed E-state index contributed by atoms with van der Waals surface area (Å²) in [6.45, 7) is 2.68. The summed E-state index contributed by atoms with van der Waals surface area (Å²) in [4.78, 5) is 25.6. The van der Waals surface area contributed by atoms with Crippen LogP contribution in [-0.2, 0) is 11.3 Å². The second kappa shape index (κ2) is 9.05. The van der Waals surface area contributed by atoms with Gasteiger partial charge in [0.1, 0.15) is 0 Å². The standard InChI is InChI=1S/C20H24N2O5/c1-4-22(12-19(23)24)11-15-9-13(5-7-16(15)21)20(25)14-6-8-17(26-2)18(10-14)27-3/h5-10H,4,11-12,21H2,1-3H3,(H,23,24). The van der Waals surface area contributed by atoms with E-state index in [0.717, 1.165) is 0 Å². The fourth-order valence-electron chi connectivity index (χ4n) is 2.74. The first-order valence-electron chi connectivity index (χ1n) is 8.48. The Hall–Kier alpha value is -3.06. The largest absolute Gasteiger partial charge is 0.493 e. The lowest BCUT2D eigenvalue weighted by Gasteiger charge is -2.19. The van der Waals surface area contributed by atoms with Crippen LogP contribution in [0.15, 0.2) is 36.4 Å². The maximum atomic E-state index is 12.9. The van der Waals surface area contributed by atoms with E-state index in [9.17, 15) is 9.59 Å². The zero-order chi connectivity index (χ0) is 20.0. The number of likely N-dealkylation sites (N-methyl/N-ethyl adjacent to an activating group) is 1. The van der Waals surface area contributed by atoms with Crippen molar-refractivity contribution in [2.75, 3.05) is 33.0 Å². The molecule has 144 valence electrons. The van der Waals surface area contributed by atoms with Crippen LogP contribution in [0.1, 0.15) is 28.4 Å². The molecule has 2 aromatic carbocycles. The van der Waals surface area contributed by atoms with E-state index in [-0.39, 0.29) is 12.3 Å². The van der Waals surface area contributed by atoms with E-state index in [2.05, 4.69) is 0 Å². The van der Waals surface area contributed by atoms with Crippen molar-refractivity contribution >= 4 is 17.4 Å². The van der Waals surface area contributed by atoms with Crippen LogP contribution in [0.3, 0.4) is 0 Å². The van der Waals surface area contributed by atoms with E-state index < -0.39 is 5.97 Å². The fourth-order valence-corrected chi connectivity index (χ4v) is 2.74. The van der Waals surface area contributed by atoms with Crippen molar-refractivity contribution in [3.63, 3.8) is 0 Å². The molecule has 0 fully saturated rings. The van der Waals surface area contributed by atoms with Gasteiger partial charge in [0, 0.05) is 23.4 Å². The van der Waals surface area contributed by atoms with Gasteiger partial charge in [0.15, 0.2) is 17.3 Å². The molecule has 0 aliphatic heterocycles. The number of benzene rings is 2. The van der Waals surface area contributed by atoms with Gasteiger partial charge in [0.2, 0.25) is 0 Å². The third kappa shape index (κ3) is 4.98. The van der Waals surface area contributed by atoms with Crippen molar-refractivity contribution in [1.82, 2.24) is 4.90 Å². The molecule has 27 heavy (non-hydrogen) atoms. The average molecular weight is 372 g/mol. The molecule has 0 aromatic heterocycles. The molecule has 0 spiro atoms. The highest BCUT2D eigenvalue weighted by atomic mass is 16.5. The third-order valence-corrected chi connectivity index (χ3v) is 4.25. The number of carbonyl (C=O) groups is 2. The molecule has 2 aromatic rings. The van der Waals surface area contributed by atoms with Gasteiger partial charge in [-0.3, -0.25) is 14.5 Å². The number of nitrogens with zero attached hydrogens (tertiary/aromatic N) is 1. The molecule has 7 nitrogen and oxygen atoms in total. The zero-order valence-corrected chi connectivity index (χ0v) is 15.7. The Morgan fingerprint density at radius 1 is 1.04 bits per heavy atom. The topological polar surface area (TPSA) is 102 Å². The second-order valence-corrected chi connectivity index (χ2v) is 6.01. The third-order valence-electron chi connectivity index (χ3n) is 4.25. The highest BCUT2D eigenvalue weighted by Crippen LogP contribution is 2.29. The number of anilines is 1. The van der Waals surface area contributed by atoms with E-state index in [4.69, 9.17) is 20.3 Å². The number of ketones is 1. The van der Waals surface area contributed by atoms with Crippen LogP contribution in [0.4, 0.5) is 5.69 Å². The molecule has 0 saturated carbocycles. The molecule has 0 bridgehead atoms. The van der Waals surface area contributed by atoms with Gasteiger partial charge in [-0.15, -0.1) is 0 Å². The molecule has 0 atom stereocenters. The Morgan fingerprint density at radius 3 is 2.26 bits per heavy atom. The van der Waals surface area contributed by atoms with Crippen molar-refractivity contribution in [2.45, 2.75) is 13.5 Å². The minimum absolute atomic E-state index is 0.0935. The average Bonchev–Trinajstić information content (AvgIpc) is 2.67. The molecule has 2 rings (SSSR count). The molecule has 0 aliphatic carbocycles. The summed E-state index contributed by atoms with van der Waals surface area (Å²) in [6.07, 6.45) is 0. The number of methoxy groups -OCH3 is 2. The monoisotopic (exact) mass is 372 g/mol.